The van der Waals surface area contributed by atoms with Gasteiger partial charge in [0.05, 0.1) is 19.0 Å². The first kappa shape index (κ1) is 14.0. The van der Waals surface area contributed by atoms with E-state index in [0.29, 0.717) is 12.2 Å². The number of aromatic nitrogens is 1. The number of pyridine rings is 1. The van der Waals surface area contributed by atoms with Crippen LogP contribution in [0.5, 0.6) is 5.75 Å². The Bertz CT molecular complexity index is 579. The minimum absolute atomic E-state index is 0.311. The van der Waals surface area contributed by atoms with Gasteiger partial charge >= 0.3 is 5.97 Å². The molecule has 5 heteroatoms. The van der Waals surface area contributed by atoms with Gasteiger partial charge in [-0.05, 0) is 24.1 Å². The molecule has 0 aliphatic heterocycles. The molecule has 0 saturated carbocycles. The van der Waals surface area contributed by atoms with E-state index < -0.39 is 12.0 Å². The molecule has 0 saturated heterocycles. The zero-order valence-electron chi connectivity index (χ0n) is 11.1. The van der Waals surface area contributed by atoms with Gasteiger partial charge in [0.15, 0.2) is 0 Å². The number of aliphatic carboxylic acids is 1. The van der Waals surface area contributed by atoms with E-state index in [-0.39, 0.29) is 0 Å². The van der Waals surface area contributed by atoms with Gasteiger partial charge in [0, 0.05) is 5.56 Å². The SMILES string of the molecule is COc1ccc(-c2ccc(C[C@H](N)C(=O)O)cc2)nc1. The standard InChI is InChI=1S/C15H16N2O3/c1-20-12-6-7-14(17-9-12)11-4-2-10(3-5-11)8-13(16)15(18)19/h2-7,9,13H,8,16H2,1H3,(H,18,19)/t13-/m0/s1. The van der Waals surface area contributed by atoms with Crippen molar-refractivity contribution in [2.24, 2.45) is 5.73 Å². The molecule has 104 valence electrons. The van der Waals surface area contributed by atoms with E-state index in [0.717, 1.165) is 16.8 Å². The normalized spacial score (nSPS) is 11.9. The Balaban J connectivity index is 2.12. The summed E-state index contributed by atoms with van der Waals surface area (Å²) in [6.07, 6.45) is 1.97. The smallest absolute Gasteiger partial charge is 0.320 e. The Morgan fingerprint density at radius 2 is 2.00 bits per heavy atom. The Kier molecular flexibility index (Phi) is 4.32. The molecule has 2 rings (SSSR count). The lowest BCUT2D eigenvalue weighted by Crippen LogP contribution is -2.32. The fourth-order valence-electron chi connectivity index (χ4n) is 1.82. The molecule has 0 aliphatic carbocycles. The van der Waals surface area contributed by atoms with Crippen LogP contribution in [0.15, 0.2) is 42.6 Å². The highest BCUT2D eigenvalue weighted by Gasteiger charge is 2.11. The van der Waals surface area contributed by atoms with Crippen molar-refractivity contribution >= 4 is 5.97 Å². The maximum atomic E-state index is 10.7. The molecule has 3 N–H and O–H groups in total. The van der Waals surface area contributed by atoms with Crippen molar-refractivity contribution in [3.63, 3.8) is 0 Å². The maximum Gasteiger partial charge on any atom is 0.320 e. The monoisotopic (exact) mass is 272 g/mol. The molecule has 1 atom stereocenters. The highest BCUT2D eigenvalue weighted by molar-refractivity contribution is 5.73. The number of benzene rings is 1. The fourth-order valence-corrected chi connectivity index (χ4v) is 1.82. The molecule has 0 bridgehead atoms. The summed E-state index contributed by atoms with van der Waals surface area (Å²) in [7, 11) is 1.59. The molecule has 1 heterocycles. The topological polar surface area (TPSA) is 85.4 Å². The van der Waals surface area contributed by atoms with E-state index >= 15 is 0 Å². The molecular weight excluding hydrogens is 256 g/mol. The minimum atomic E-state index is -0.995. The van der Waals surface area contributed by atoms with Crippen molar-refractivity contribution in [3.05, 3.63) is 48.2 Å². The zero-order valence-corrected chi connectivity index (χ0v) is 11.1. The third-order valence-electron chi connectivity index (χ3n) is 2.99. The molecule has 0 spiro atoms. The first-order chi connectivity index (χ1) is 9.60. The summed E-state index contributed by atoms with van der Waals surface area (Å²) >= 11 is 0. The van der Waals surface area contributed by atoms with Crippen LogP contribution in [0.3, 0.4) is 0 Å². The number of hydrogen-bond acceptors (Lipinski definition) is 4. The van der Waals surface area contributed by atoms with Crippen molar-refractivity contribution < 1.29 is 14.6 Å². The molecule has 20 heavy (non-hydrogen) atoms. The maximum absolute atomic E-state index is 10.7. The van der Waals surface area contributed by atoms with Crippen LogP contribution in [-0.2, 0) is 11.2 Å². The quantitative estimate of drug-likeness (QED) is 0.865. The summed E-state index contributed by atoms with van der Waals surface area (Å²) in [5.41, 5.74) is 8.18. The second-order valence-corrected chi connectivity index (χ2v) is 4.43. The van der Waals surface area contributed by atoms with Crippen molar-refractivity contribution in [1.82, 2.24) is 4.98 Å². The Morgan fingerprint density at radius 3 is 2.50 bits per heavy atom. The van der Waals surface area contributed by atoms with Gasteiger partial charge in [-0.3, -0.25) is 9.78 Å². The van der Waals surface area contributed by atoms with Gasteiger partial charge in [-0.1, -0.05) is 24.3 Å². The average molecular weight is 272 g/mol. The van der Waals surface area contributed by atoms with Crippen LogP contribution in [0.2, 0.25) is 0 Å². The summed E-state index contributed by atoms with van der Waals surface area (Å²) < 4.78 is 5.06. The third kappa shape index (κ3) is 3.33. The van der Waals surface area contributed by atoms with E-state index in [9.17, 15) is 4.79 Å². The third-order valence-corrected chi connectivity index (χ3v) is 2.99. The predicted molar refractivity (Wildman–Crippen MR) is 75.5 cm³/mol. The summed E-state index contributed by atoms with van der Waals surface area (Å²) in [6.45, 7) is 0. The van der Waals surface area contributed by atoms with E-state index in [2.05, 4.69) is 4.98 Å². The molecule has 0 unspecified atom stereocenters. The Morgan fingerprint density at radius 1 is 1.30 bits per heavy atom. The zero-order chi connectivity index (χ0) is 14.5. The number of carboxylic acids is 1. The summed E-state index contributed by atoms with van der Waals surface area (Å²) in [5, 5.41) is 8.78. The Labute approximate surface area is 117 Å². The average Bonchev–Trinajstić information content (AvgIpc) is 2.48. The largest absolute Gasteiger partial charge is 0.495 e. The first-order valence-electron chi connectivity index (χ1n) is 6.18. The molecule has 1 aromatic heterocycles. The molecule has 0 aliphatic rings. The second-order valence-electron chi connectivity index (χ2n) is 4.43. The highest BCUT2D eigenvalue weighted by Crippen LogP contribution is 2.20. The second kappa shape index (κ2) is 6.16. The van der Waals surface area contributed by atoms with Gasteiger partial charge in [-0.25, -0.2) is 0 Å². The van der Waals surface area contributed by atoms with Gasteiger partial charge in [0.2, 0.25) is 0 Å². The number of methoxy groups -OCH3 is 1. The van der Waals surface area contributed by atoms with Gasteiger partial charge in [0.1, 0.15) is 11.8 Å². The molecule has 0 fully saturated rings. The minimum Gasteiger partial charge on any atom is -0.495 e. The lowest BCUT2D eigenvalue weighted by atomic mass is 10.0. The van der Waals surface area contributed by atoms with Crippen molar-refractivity contribution in [2.75, 3.05) is 7.11 Å². The van der Waals surface area contributed by atoms with Crippen molar-refractivity contribution in [3.8, 4) is 17.0 Å². The van der Waals surface area contributed by atoms with Gasteiger partial charge in [0.25, 0.3) is 0 Å². The molecule has 0 amide bonds. The van der Waals surface area contributed by atoms with E-state index in [1.165, 1.54) is 0 Å². The molecule has 2 aromatic rings. The fraction of sp³-hybridized carbons (Fsp3) is 0.200. The molecule has 1 aromatic carbocycles. The number of ether oxygens (including phenoxy) is 1. The van der Waals surface area contributed by atoms with Gasteiger partial charge in [-0.15, -0.1) is 0 Å². The molecule has 0 radical (unpaired) electrons. The van der Waals surface area contributed by atoms with E-state index in [4.69, 9.17) is 15.6 Å². The first-order valence-corrected chi connectivity index (χ1v) is 6.18. The highest BCUT2D eigenvalue weighted by atomic mass is 16.5. The Hall–Kier alpha value is -2.40. The summed E-state index contributed by atoms with van der Waals surface area (Å²) in [4.78, 5) is 15.0. The van der Waals surface area contributed by atoms with Crippen LogP contribution < -0.4 is 10.5 Å². The molecule has 5 nitrogen and oxygen atoms in total. The van der Waals surface area contributed by atoms with Crippen molar-refractivity contribution in [1.29, 1.82) is 0 Å². The number of rotatable bonds is 5. The van der Waals surface area contributed by atoms with E-state index in [1.807, 2.05) is 36.4 Å². The van der Waals surface area contributed by atoms with Crippen LogP contribution >= 0.6 is 0 Å². The summed E-state index contributed by atoms with van der Waals surface area (Å²) in [6, 6.07) is 10.4. The van der Waals surface area contributed by atoms with Crippen LogP contribution in [0.1, 0.15) is 5.56 Å². The van der Waals surface area contributed by atoms with Gasteiger partial charge < -0.3 is 15.6 Å². The van der Waals surface area contributed by atoms with Crippen molar-refractivity contribution in [2.45, 2.75) is 12.5 Å². The van der Waals surface area contributed by atoms with E-state index in [1.54, 1.807) is 13.3 Å². The molecular formula is C15H16N2O3. The lowest BCUT2D eigenvalue weighted by molar-refractivity contribution is -0.138. The number of carboxylic acid groups (broad SMARTS) is 1. The van der Waals surface area contributed by atoms with Crippen LogP contribution in [0.25, 0.3) is 11.3 Å². The van der Waals surface area contributed by atoms with Crippen LogP contribution in [0, 0.1) is 0 Å². The number of nitrogens with zero attached hydrogens (tertiary/aromatic N) is 1. The van der Waals surface area contributed by atoms with Crippen LogP contribution in [0.4, 0.5) is 0 Å². The number of hydrogen-bond donors (Lipinski definition) is 2. The van der Waals surface area contributed by atoms with Gasteiger partial charge in [-0.2, -0.15) is 0 Å². The lowest BCUT2D eigenvalue weighted by Gasteiger charge is -2.07. The number of nitrogens with two attached hydrogens (primary N) is 1. The summed E-state index contributed by atoms with van der Waals surface area (Å²) in [5.74, 6) is -0.288. The number of carbonyl (C=O) groups is 1. The predicted octanol–water partition coefficient (Wildman–Crippen LogP) is 1.71. The van der Waals surface area contributed by atoms with Crippen LogP contribution in [-0.4, -0.2) is 29.2 Å².